The van der Waals surface area contributed by atoms with Crippen LogP contribution >= 0.6 is 0 Å². The molecule has 0 N–H and O–H groups in total. The van der Waals surface area contributed by atoms with E-state index in [0.29, 0.717) is 42.1 Å². The van der Waals surface area contributed by atoms with Gasteiger partial charge in [-0.25, -0.2) is 4.79 Å². The molecule has 2 rings (SSSR count). The van der Waals surface area contributed by atoms with Crippen LogP contribution in [0, 0.1) is 0 Å². The van der Waals surface area contributed by atoms with Gasteiger partial charge in [-0.15, -0.1) is 0 Å². The van der Waals surface area contributed by atoms with Gasteiger partial charge in [0.1, 0.15) is 16.7 Å². The summed E-state index contributed by atoms with van der Waals surface area (Å²) in [5, 5.41) is 0.642. The first-order chi connectivity index (χ1) is 15.2. The maximum atomic E-state index is 12.6. The van der Waals surface area contributed by atoms with E-state index in [4.69, 9.17) is 18.6 Å². The average molecular weight is 431 g/mol. The summed E-state index contributed by atoms with van der Waals surface area (Å²) < 4.78 is 22.9. The minimum absolute atomic E-state index is 0.126. The van der Waals surface area contributed by atoms with Gasteiger partial charge in [-0.1, -0.05) is 77.0 Å². The molecule has 1 heterocycles. The van der Waals surface area contributed by atoms with E-state index in [1.807, 2.05) is 12.1 Å². The lowest BCUT2D eigenvalue weighted by Crippen LogP contribution is -2.12. The molecule has 0 unspecified atom stereocenters. The lowest BCUT2D eigenvalue weighted by Gasteiger charge is -2.15. The molecule has 0 amide bonds. The fourth-order valence-electron chi connectivity index (χ4n) is 3.53. The number of rotatable bonds is 16. The summed E-state index contributed by atoms with van der Waals surface area (Å²) in [6.45, 7) is 5.23. The second-order valence-corrected chi connectivity index (χ2v) is 7.72. The summed E-state index contributed by atoms with van der Waals surface area (Å²) in [4.78, 5) is 12.6. The number of ether oxygens (including phenoxy) is 3. The topological polar surface area (TPSA) is 57.9 Å². The Labute approximate surface area is 186 Å². The average Bonchev–Trinajstić information content (AvgIpc) is 2.78. The van der Waals surface area contributed by atoms with Gasteiger partial charge in [0, 0.05) is 0 Å². The van der Waals surface area contributed by atoms with Crippen LogP contribution in [0.1, 0.15) is 78.1 Å². The van der Waals surface area contributed by atoms with Crippen LogP contribution in [-0.2, 0) is 0 Å². The highest BCUT2D eigenvalue weighted by Gasteiger charge is 2.20. The Hall–Kier alpha value is -2.43. The Bertz CT molecular complexity index is 853. The molecule has 172 valence electrons. The van der Waals surface area contributed by atoms with Gasteiger partial charge in [0.25, 0.3) is 0 Å². The van der Waals surface area contributed by atoms with E-state index in [1.54, 1.807) is 19.2 Å². The van der Waals surface area contributed by atoms with E-state index in [9.17, 15) is 4.79 Å². The first kappa shape index (κ1) is 24.8. The molecule has 31 heavy (non-hydrogen) atoms. The maximum absolute atomic E-state index is 12.6. The van der Waals surface area contributed by atoms with Crippen molar-refractivity contribution in [1.82, 2.24) is 0 Å². The Morgan fingerprint density at radius 3 is 2.29 bits per heavy atom. The molecule has 0 bridgehead atoms. The van der Waals surface area contributed by atoms with Gasteiger partial charge in [0.2, 0.25) is 5.75 Å². The molecule has 0 saturated heterocycles. The molecule has 0 spiro atoms. The summed E-state index contributed by atoms with van der Waals surface area (Å²) in [7, 11) is 1.60. The van der Waals surface area contributed by atoms with Gasteiger partial charge < -0.3 is 18.6 Å². The molecule has 0 aliphatic rings. The maximum Gasteiger partial charge on any atom is 0.383 e. The van der Waals surface area contributed by atoms with Gasteiger partial charge in [0.15, 0.2) is 5.75 Å². The molecular formula is C26H38O5. The number of unbranched alkanes of at least 4 members (excludes halogenated alkanes) is 7. The van der Waals surface area contributed by atoms with Crippen molar-refractivity contribution in [2.24, 2.45) is 0 Å². The zero-order chi connectivity index (χ0) is 22.3. The molecule has 0 atom stereocenters. The predicted molar refractivity (Wildman–Crippen MR) is 127 cm³/mol. The lowest BCUT2D eigenvalue weighted by molar-refractivity contribution is 0.257. The van der Waals surface area contributed by atoms with Crippen molar-refractivity contribution in [2.45, 2.75) is 78.1 Å². The van der Waals surface area contributed by atoms with Crippen molar-refractivity contribution < 1.29 is 18.6 Å². The summed E-state index contributed by atoms with van der Waals surface area (Å²) in [5.74, 6) is 1.15. The second kappa shape index (κ2) is 14.6. The SMILES string of the molecule is CCC=CCCOc1c(OCCCCCCCCCC)c2c(OC)cccc2oc1=O. The molecule has 1 aromatic carbocycles. The number of hydrogen-bond donors (Lipinski definition) is 0. The quantitative estimate of drug-likeness (QED) is 0.162. The molecule has 2 aromatic rings. The number of allylic oxidation sites excluding steroid dienone is 1. The Kier molecular flexibility index (Phi) is 11.7. The van der Waals surface area contributed by atoms with Crippen molar-refractivity contribution in [3.8, 4) is 17.2 Å². The largest absolute Gasteiger partial charge is 0.496 e. The molecule has 5 heteroatoms. The van der Waals surface area contributed by atoms with Gasteiger partial charge in [-0.05, 0) is 31.4 Å². The third kappa shape index (κ3) is 7.97. The monoisotopic (exact) mass is 430 g/mol. The van der Waals surface area contributed by atoms with Crippen LogP contribution in [0.15, 0.2) is 39.6 Å². The number of benzene rings is 1. The van der Waals surface area contributed by atoms with Crippen LogP contribution in [0.4, 0.5) is 0 Å². The van der Waals surface area contributed by atoms with Crippen molar-refractivity contribution in [3.05, 3.63) is 40.8 Å². The minimum Gasteiger partial charge on any atom is -0.496 e. The first-order valence-corrected chi connectivity index (χ1v) is 11.8. The highest BCUT2D eigenvalue weighted by molar-refractivity contribution is 5.91. The summed E-state index contributed by atoms with van der Waals surface area (Å²) in [5.41, 5.74) is -0.0837. The van der Waals surface area contributed by atoms with Gasteiger partial charge in [0.05, 0.1) is 20.3 Å². The molecule has 0 saturated carbocycles. The van der Waals surface area contributed by atoms with E-state index < -0.39 is 5.63 Å². The summed E-state index contributed by atoms with van der Waals surface area (Å²) in [6.07, 6.45) is 15.6. The van der Waals surface area contributed by atoms with E-state index in [2.05, 4.69) is 19.9 Å². The van der Waals surface area contributed by atoms with Crippen LogP contribution in [-0.4, -0.2) is 20.3 Å². The minimum atomic E-state index is -0.522. The first-order valence-electron chi connectivity index (χ1n) is 11.8. The zero-order valence-corrected chi connectivity index (χ0v) is 19.4. The molecule has 0 radical (unpaired) electrons. The molecule has 0 aliphatic heterocycles. The van der Waals surface area contributed by atoms with E-state index in [1.165, 1.54) is 38.5 Å². The third-order valence-corrected chi connectivity index (χ3v) is 5.21. The van der Waals surface area contributed by atoms with Crippen LogP contribution in [0.25, 0.3) is 11.0 Å². The van der Waals surface area contributed by atoms with Crippen LogP contribution < -0.4 is 19.8 Å². The highest BCUT2D eigenvalue weighted by Crippen LogP contribution is 2.39. The summed E-state index contributed by atoms with van der Waals surface area (Å²) >= 11 is 0. The predicted octanol–water partition coefficient (Wildman–Crippen LogP) is 7.06. The standard InChI is InChI=1S/C26H38O5/c1-4-6-8-10-11-12-13-15-19-29-24-23-21(28-3)17-16-18-22(23)31-26(27)25(24)30-20-14-9-7-5-2/h7,9,16-18H,4-6,8,10-15,19-20H2,1-3H3. The van der Waals surface area contributed by atoms with Crippen molar-refractivity contribution in [1.29, 1.82) is 0 Å². The number of hydrogen-bond acceptors (Lipinski definition) is 5. The van der Waals surface area contributed by atoms with Crippen LogP contribution in [0.3, 0.4) is 0 Å². The van der Waals surface area contributed by atoms with Crippen molar-refractivity contribution in [3.63, 3.8) is 0 Å². The van der Waals surface area contributed by atoms with E-state index in [0.717, 1.165) is 19.3 Å². The van der Waals surface area contributed by atoms with Crippen molar-refractivity contribution in [2.75, 3.05) is 20.3 Å². The molecule has 5 nitrogen and oxygen atoms in total. The van der Waals surface area contributed by atoms with Gasteiger partial charge in [-0.2, -0.15) is 0 Å². The molecule has 0 aliphatic carbocycles. The normalized spacial score (nSPS) is 11.3. The summed E-state index contributed by atoms with van der Waals surface area (Å²) in [6, 6.07) is 5.37. The number of methoxy groups -OCH3 is 1. The molecule has 0 fully saturated rings. The smallest absolute Gasteiger partial charge is 0.383 e. The van der Waals surface area contributed by atoms with Crippen molar-refractivity contribution >= 4 is 11.0 Å². The fourth-order valence-corrected chi connectivity index (χ4v) is 3.53. The third-order valence-electron chi connectivity index (χ3n) is 5.21. The van der Waals surface area contributed by atoms with E-state index >= 15 is 0 Å². The molecular weight excluding hydrogens is 392 g/mol. The number of fused-ring (bicyclic) bond motifs is 1. The Morgan fingerprint density at radius 2 is 1.58 bits per heavy atom. The molecule has 1 aromatic heterocycles. The fraction of sp³-hybridized carbons (Fsp3) is 0.577. The highest BCUT2D eigenvalue weighted by atomic mass is 16.5. The second-order valence-electron chi connectivity index (χ2n) is 7.72. The van der Waals surface area contributed by atoms with E-state index in [-0.39, 0.29) is 5.75 Å². The Balaban J connectivity index is 2.08. The zero-order valence-electron chi connectivity index (χ0n) is 19.4. The Morgan fingerprint density at radius 1 is 0.871 bits per heavy atom. The van der Waals surface area contributed by atoms with Crippen LogP contribution in [0.2, 0.25) is 0 Å². The lowest BCUT2D eigenvalue weighted by atomic mass is 10.1. The van der Waals surface area contributed by atoms with Gasteiger partial charge in [-0.3, -0.25) is 0 Å². The van der Waals surface area contributed by atoms with Gasteiger partial charge >= 0.3 is 5.63 Å². The van der Waals surface area contributed by atoms with Crippen LogP contribution in [0.5, 0.6) is 17.2 Å².